The molecule has 12 nitrogen and oxygen atoms in total. The number of carbonyl (C=O) groups excluding carboxylic acids is 6. The van der Waals surface area contributed by atoms with Crippen LogP contribution < -0.4 is 16.0 Å². The van der Waals surface area contributed by atoms with Gasteiger partial charge < -0.3 is 30.2 Å². The van der Waals surface area contributed by atoms with Crippen LogP contribution in [0.25, 0.3) is 0 Å². The molecule has 0 saturated heterocycles. The van der Waals surface area contributed by atoms with Gasteiger partial charge in [-0.3, -0.25) is 28.8 Å². The van der Waals surface area contributed by atoms with Gasteiger partial charge in [0.25, 0.3) is 29.1 Å². The molecule has 0 aromatic carbocycles. The van der Waals surface area contributed by atoms with Crippen LogP contribution in [0.2, 0.25) is 0 Å². The van der Waals surface area contributed by atoms with Gasteiger partial charge in [-0.05, 0) is 41.5 Å². The maximum atomic E-state index is 13.0. The van der Waals surface area contributed by atoms with Crippen LogP contribution in [0.4, 0.5) is 0 Å². The molecule has 0 aromatic rings. The lowest BCUT2D eigenvalue weighted by atomic mass is 10.0. The Labute approximate surface area is 305 Å². The number of halogens is 9. The first-order valence-electron chi connectivity index (χ1n) is 12.5. The Balaban J connectivity index is 5.63. The molecule has 0 radical (unpaired) electrons. The van der Waals surface area contributed by atoms with E-state index in [1.165, 1.54) is 41.5 Å². The Kier molecular flexibility index (Phi) is 17.0. The van der Waals surface area contributed by atoms with E-state index in [4.69, 9.17) is 119 Å². The Morgan fingerprint density at radius 1 is 0.489 bits per heavy atom. The SMILES string of the molecule is CC(C)(COC(=O)CC(CC(=O)OCC(C)(C)NC(=O)C(Cl)(Cl)Cl)C(=O)OCC(C)(C)NC(=O)C(Cl)(Cl)Cl)NC(=O)C(Cl)(Cl)Cl. The zero-order valence-electron chi connectivity index (χ0n) is 24.7. The number of rotatable bonds is 14. The van der Waals surface area contributed by atoms with Crippen molar-refractivity contribution in [2.45, 2.75) is 82.4 Å². The predicted octanol–water partition coefficient (Wildman–Crippen LogP) is 4.81. The average molecular weight is 826 g/mol. The fourth-order valence-electron chi connectivity index (χ4n) is 2.89. The lowest BCUT2D eigenvalue weighted by Crippen LogP contribution is -2.51. The summed E-state index contributed by atoms with van der Waals surface area (Å²) in [7, 11) is 0. The monoisotopic (exact) mass is 821 g/mol. The number of carbonyl (C=O) groups is 6. The molecule has 0 atom stereocenters. The van der Waals surface area contributed by atoms with Gasteiger partial charge in [-0.2, -0.15) is 0 Å². The number of amides is 3. The maximum absolute atomic E-state index is 13.0. The van der Waals surface area contributed by atoms with Crippen molar-refractivity contribution >= 4 is 140 Å². The highest BCUT2D eigenvalue weighted by atomic mass is 35.6. The molecule has 0 aromatic heterocycles. The molecule has 260 valence electrons. The Bertz CT molecular complexity index is 1060. The van der Waals surface area contributed by atoms with Crippen molar-refractivity contribution in [3.63, 3.8) is 0 Å². The van der Waals surface area contributed by atoms with Crippen molar-refractivity contribution in [3.8, 4) is 0 Å². The summed E-state index contributed by atoms with van der Waals surface area (Å²) in [5.74, 6) is -7.40. The van der Waals surface area contributed by atoms with E-state index >= 15 is 0 Å². The van der Waals surface area contributed by atoms with Crippen molar-refractivity contribution in [3.05, 3.63) is 0 Å². The first-order valence-corrected chi connectivity index (χ1v) is 15.9. The minimum absolute atomic E-state index is 0.419. The van der Waals surface area contributed by atoms with Crippen LogP contribution in [0.5, 0.6) is 0 Å². The number of hydrogen-bond donors (Lipinski definition) is 3. The van der Waals surface area contributed by atoms with Crippen LogP contribution in [0.1, 0.15) is 54.4 Å². The maximum Gasteiger partial charge on any atom is 0.310 e. The molecule has 3 amide bonds. The molecular weight excluding hydrogens is 793 g/mol. The third kappa shape index (κ3) is 19.1. The number of nitrogens with one attached hydrogen (secondary N) is 3. The summed E-state index contributed by atoms with van der Waals surface area (Å²) in [6.45, 7) is 7.47. The summed E-state index contributed by atoms with van der Waals surface area (Å²) in [5.41, 5.74) is -3.67. The van der Waals surface area contributed by atoms with E-state index in [-0.39, 0.29) is 0 Å². The summed E-state index contributed by atoms with van der Waals surface area (Å²) < 4.78 is 8.76. The van der Waals surface area contributed by atoms with Crippen molar-refractivity contribution in [2.75, 3.05) is 19.8 Å². The normalized spacial score (nSPS) is 13.1. The van der Waals surface area contributed by atoms with Gasteiger partial charge in [0.15, 0.2) is 0 Å². The summed E-state index contributed by atoms with van der Waals surface area (Å²) in [6, 6.07) is 0. The molecule has 0 rings (SSSR count). The van der Waals surface area contributed by atoms with Gasteiger partial charge >= 0.3 is 17.9 Å². The number of esters is 3. The first-order chi connectivity index (χ1) is 19.9. The molecule has 45 heavy (non-hydrogen) atoms. The van der Waals surface area contributed by atoms with E-state index in [1.807, 2.05) is 0 Å². The average Bonchev–Trinajstić information content (AvgIpc) is 2.82. The van der Waals surface area contributed by atoms with Crippen molar-refractivity contribution in [1.29, 1.82) is 0 Å². The van der Waals surface area contributed by atoms with Crippen LogP contribution in [0, 0.1) is 5.92 Å². The van der Waals surface area contributed by atoms with E-state index in [1.54, 1.807) is 0 Å². The second kappa shape index (κ2) is 17.2. The van der Waals surface area contributed by atoms with Crippen LogP contribution in [-0.4, -0.2) is 83.4 Å². The van der Waals surface area contributed by atoms with Gasteiger partial charge in [-0.1, -0.05) is 104 Å². The van der Waals surface area contributed by atoms with E-state index in [0.717, 1.165) is 0 Å². The molecule has 3 N–H and O–H groups in total. The molecule has 21 heteroatoms. The Hall–Kier alpha value is -0.570. The van der Waals surface area contributed by atoms with E-state index in [2.05, 4.69) is 16.0 Å². The Morgan fingerprint density at radius 3 is 0.978 bits per heavy atom. The highest BCUT2D eigenvalue weighted by Gasteiger charge is 2.38. The third-order valence-corrected chi connectivity index (χ3v) is 6.60. The van der Waals surface area contributed by atoms with Gasteiger partial charge in [0.1, 0.15) is 19.8 Å². The molecule has 0 aliphatic heterocycles. The smallest absolute Gasteiger partial charge is 0.310 e. The lowest BCUT2D eigenvalue weighted by Gasteiger charge is -2.29. The van der Waals surface area contributed by atoms with Gasteiger partial charge in [-0.15, -0.1) is 0 Å². The van der Waals surface area contributed by atoms with E-state index in [0.29, 0.717) is 0 Å². The highest BCUT2D eigenvalue weighted by Crippen LogP contribution is 2.29. The molecule has 0 heterocycles. The molecule has 0 aliphatic rings. The minimum atomic E-state index is -2.30. The molecule has 0 aliphatic carbocycles. The molecule has 0 saturated carbocycles. The van der Waals surface area contributed by atoms with Crippen molar-refractivity contribution in [2.24, 2.45) is 5.92 Å². The molecule has 0 fully saturated rings. The zero-order valence-corrected chi connectivity index (χ0v) is 31.5. The quantitative estimate of drug-likeness (QED) is 0.127. The first kappa shape index (κ1) is 44.4. The summed E-state index contributed by atoms with van der Waals surface area (Å²) in [5, 5.41) is 7.14. The fourth-order valence-corrected chi connectivity index (χ4v) is 3.32. The van der Waals surface area contributed by atoms with Gasteiger partial charge in [0.05, 0.1) is 35.4 Å². The predicted molar refractivity (Wildman–Crippen MR) is 173 cm³/mol. The van der Waals surface area contributed by atoms with Crippen molar-refractivity contribution < 1.29 is 43.0 Å². The zero-order chi connectivity index (χ0) is 35.8. The Morgan fingerprint density at radius 2 is 0.733 bits per heavy atom. The highest BCUT2D eigenvalue weighted by molar-refractivity contribution is 6.77. The molecule has 0 bridgehead atoms. The van der Waals surface area contributed by atoms with Gasteiger partial charge in [0, 0.05) is 0 Å². The standard InChI is InChI=1S/C24H32Cl9N3O9/c1-19(2,34-16(40)22(25,26)27)9-43-13(37)7-12(15(39)45-11-21(5,6)36-18(42)24(31,32)33)8-14(38)44-10-20(3,4)35-17(41)23(28,29)30/h12H,7-11H2,1-6H3,(H,34,40)(H,35,41)(H,36,42). The largest absolute Gasteiger partial charge is 0.463 e. The number of hydrogen-bond acceptors (Lipinski definition) is 9. The van der Waals surface area contributed by atoms with Crippen LogP contribution in [-0.2, 0) is 43.0 Å². The van der Waals surface area contributed by atoms with Crippen LogP contribution in [0.15, 0.2) is 0 Å². The summed E-state index contributed by atoms with van der Waals surface area (Å²) in [6.07, 6.45) is -1.37. The lowest BCUT2D eigenvalue weighted by molar-refractivity contribution is -0.161. The van der Waals surface area contributed by atoms with Crippen LogP contribution in [0.3, 0.4) is 0 Å². The molecular formula is C24H32Cl9N3O9. The van der Waals surface area contributed by atoms with Crippen LogP contribution >= 0.6 is 104 Å². The molecule has 0 spiro atoms. The van der Waals surface area contributed by atoms with E-state index < -0.39 is 102 Å². The summed E-state index contributed by atoms with van der Waals surface area (Å²) in [4.78, 5) is 74.4. The third-order valence-electron chi connectivity index (χ3n) is 5.05. The minimum Gasteiger partial charge on any atom is -0.463 e. The van der Waals surface area contributed by atoms with Gasteiger partial charge in [0.2, 0.25) is 0 Å². The van der Waals surface area contributed by atoms with E-state index in [9.17, 15) is 28.8 Å². The summed E-state index contributed by atoms with van der Waals surface area (Å²) >= 11 is 50.0. The number of ether oxygens (including phenoxy) is 3. The van der Waals surface area contributed by atoms with Crippen molar-refractivity contribution in [1.82, 2.24) is 16.0 Å². The van der Waals surface area contributed by atoms with Gasteiger partial charge in [-0.25, -0.2) is 0 Å². The fraction of sp³-hybridized carbons (Fsp3) is 0.750. The second-order valence-electron chi connectivity index (χ2n) is 11.5. The topological polar surface area (TPSA) is 166 Å². The number of alkyl halides is 9. The molecule has 0 unspecified atom stereocenters. The second-order valence-corrected chi connectivity index (χ2v) is 18.4.